The first-order valence-electron chi connectivity index (χ1n) is 6.62. The van der Waals surface area contributed by atoms with Gasteiger partial charge in [0.05, 0.1) is 16.5 Å². The van der Waals surface area contributed by atoms with E-state index in [1.54, 1.807) is 12.1 Å². The number of hydrogen-bond donors (Lipinski definition) is 1. The van der Waals surface area contributed by atoms with Crippen molar-refractivity contribution in [3.8, 4) is 0 Å². The molecule has 1 aromatic rings. The Morgan fingerprint density at radius 2 is 1.95 bits per heavy atom. The molecule has 1 amide bonds. The van der Waals surface area contributed by atoms with Crippen molar-refractivity contribution in [1.29, 1.82) is 0 Å². The van der Waals surface area contributed by atoms with Crippen molar-refractivity contribution in [3.63, 3.8) is 0 Å². The smallest absolute Gasteiger partial charge is 0.349 e. The minimum Gasteiger partial charge on any atom is -0.349 e. The zero-order valence-electron chi connectivity index (χ0n) is 11.0. The third kappa shape index (κ3) is 3.92. The maximum atomic E-state index is 13.0. The molecule has 21 heavy (non-hydrogen) atoms. The minimum atomic E-state index is -4.29. The van der Waals surface area contributed by atoms with Crippen LogP contribution in [0.15, 0.2) is 22.7 Å². The van der Waals surface area contributed by atoms with Crippen molar-refractivity contribution in [3.05, 3.63) is 33.3 Å². The Kier molecular flexibility index (Phi) is 5.20. The summed E-state index contributed by atoms with van der Waals surface area (Å²) in [5.74, 6) is -2.05. The quantitative estimate of drug-likeness (QED) is 0.768. The van der Waals surface area contributed by atoms with E-state index in [1.807, 2.05) is 0 Å². The molecule has 1 aromatic carbocycles. The molecule has 0 radical (unpaired) electrons. The average Bonchev–Trinajstić information content (AvgIpc) is 2.41. The van der Waals surface area contributed by atoms with Crippen molar-refractivity contribution in [2.75, 3.05) is 0 Å². The summed E-state index contributed by atoms with van der Waals surface area (Å²) < 4.78 is 39.5. The van der Waals surface area contributed by atoms with Crippen LogP contribution < -0.4 is 5.32 Å². The monoisotopic (exact) mass is 383 g/mol. The summed E-state index contributed by atoms with van der Waals surface area (Å²) >= 11 is 9.19. The molecule has 0 spiro atoms. The van der Waals surface area contributed by atoms with Crippen LogP contribution in [-0.2, 0) is 0 Å². The number of benzene rings is 1. The largest absolute Gasteiger partial charge is 0.393 e. The van der Waals surface area contributed by atoms with Crippen LogP contribution in [-0.4, -0.2) is 18.1 Å². The van der Waals surface area contributed by atoms with Gasteiger partial charge in [-0.05, 0) is 40.9 Å². The second kappa shape index (κ2) is 6.57. The third-order valence-electron chi connectivity index (χ3n) is 3.70. The molecule has 0 heterocycles. The maximum absolute atomic E-state index is 13.0. The van der Waals surface area contributed by atoms with E-state index in [2.05, 4.69) is 21.2 Å². The Bertz CT molecular complexity index is 535. The van der Waals surface area contributed by atoms with E-state index in [4.69, 9.17) is 11.6 Å². The Hall–Kier alpha value is -0.750. The zero-order valence-corrected chi connectivity index (χ0v) is 13.4. The SMILES string of the molecule is O=C(NC1CCCCC1C(F)(F)F)c1cccc(Br)c1Cl. The lowest BCUT2D eigenvalue weighted by molar-refractivity contribution is -0.187. The molecule has 7 heteroatoms. The number of hydrogen-bond acceptors (Lipinski definition) is 1. The highest BCUT2D eigenvalue weighted by atomic mass is 79.9. The van der Waals surface area contributed by atoms with Crippen LogP contribution in [0.3, 0.4) is 0 Å². The van der Waals surface area contributed by atoms with Gasteiger partial charge >= 0.3 is 6.18 Å². The molecule has 1 aliphatic carbocycles. The molecule has 116 valence electrons. The van der Waals surface area contributed by atoms with Gasteiger partial charge < -0.3 is 5.32 Å². The van der Waals surface area contributed by atoms with E-state index >= 15 is 0 Å². The minimum absolute atomic E-state index is 0.0562. The number of carbonyl (C=O) groups excluding carboxylic acids is 1. The zero-order chi connectivity index (χ0) is 15.6. The molecule has 0 aromatic heterocycles. The summed E-state index contributed by atoms with van der Waals surface area (Å²) in [6.45, 7) is 0. The van der Waals surface area contributed by atoms with E-state index in [9.17, 15) is 18.0 Å². The molecule has 0 saturated heterocycles. The van der Waals surface area contributed by atoms with Crippen LogP contribution in [0.4, 0.5) is 13.2 Å². The second-order valence-corrected chi connectivity index (χ2v) is 6.35. The lowest BCUT2D eigenvalue weighted by Gasteiger charge is -2.33. The maximum Gasteiger partial charge on any atom is 0.393 e. The Balaban J connectivity index is 2.15. The highest BCUT2D eigenvalue weighted by molar-refractivity contribution is 9.10. The van der Waals surface area contributed by atoms with Gasteiger partial charge in [0.2, 0.25) is 0 Å². The topological polar surface area (TPSA) is 29.1 Å². The molecule has 0 bridgehead atoms. The van der Waals surface area contributed by atoms with Crippen LogP contribution in [0.1, 0.15) is 36.0 Å². The Labute approximate surface area is 134 Å². The van der Waals surface area contributed by atoms with Crippen molar-refractivity contribution in [2.45, 2.75) is 37.9 Å². The molecule has 1 N–H and O–H groups in total. The summed E-state index contributed by atoms with van der Waals surface area (Å²) in [4.78, 5) is 12.2. The van der Waals surface area contributed by atoms with Crippen LogP contribution in [0.2, 0.25) is 5.02 Å². The van der Waals surface area contributed by atoms with E-state index in [-0.39, 0.29) is 17.0 Å². The van der Waals surface area contributed by atoms with Gasteiger partial charge in [-0.3, -0.25) is 4.79 Å². The van der Waals surface area contributed by atoms with Gasteiger partial charge in [-0.15, -0.1) is 0 Å². The molecule has 0 aliphatic heterocycles. The molecule has 1 fully saturated rings. The fraction of sp³-hybridized carbons (Fsp3) is 0.500. The Morgan fingerprint density at radius 1 is 1.29 bits per heavy atom. The summed E-state index contributed by atoms with van der Waals surface area (Å²) in [6, 6.07) is 3.89. The van der Waals surface area contributed by atoms with Gasteiger partial charge in [0, 0.05) is 10.5 Å². The van der Waals surface area contributed by atoms with Crippen molar-refractivity contribution >= 4 is 33.4 Å². The number of carbonyl (C=O) groups is 1. The number of halogens is 5. The molecule has 1 aliphatic rings. The molecule has 1 saturated carbocycles. The molecular weight excluding hydrogens is 371 g/mol. The van der Waals surface area contributed by atoms with Crippen LogP contribution in [0, 0.1) is 5.92 Å². The Morgan fingerprint density at radius 3 is 2.62 bits per heavy atom. The number of nitrogens with one attached hydrogen (secondary N) is 1. The molecule has 2 atom stereocenters. The summed E-state index contributed by atoms with van der Waals surface area (Å²) in [6.07, 6.45) is -2.68. The average molecular weight is 385 g/mol. The van der Waals surface area contributed by atoms with Crippen molar-refractivity contribution < 1.29 is 18.0 Å². The van der Waals surface area contributed by atoms with Gasteiger partial charge in [-0.2, -0.15) is 13.2 Å². The summed E-state index contributed by atoms with van der Waals surface area (Å²) in [5.41, 5.74) is 0.178. The highest BCUT2D eigenvalue weighted by Gasteiger charge is 2.46. The summed E-state index contributed by atoms with van der Waals surface area (Å²) in [7, 11) is 0. The van der Waals surface area contributed by atoms with Gasteiger partial charge in [-0.1, -0.05) is 30.5 Å². The molecule has 2 unspecified atom stereocenters. The van der Waals surface area contributed by atoms with Crippen LogP contribution >= 0.6 is 27.5 Å². The van der Waals surface area contributed by atoms with Crippen LogP contribution in [0.25, 0.3) is 0 Å². The first-order chi connectivity index (χ1) is 9.80. The standard InChI is InChI=1S/C14H14BrClF3NO/c15-10-6-3-4-8(12(10)16)13(21)20-11-7-2-1-5-9(11)14(17,18)19/h3-4,6,9,11H,1-2,5,7H2,(H,20,21). The van der Waals surface area contributed by atoms with Crippen LogP contribution in [0.5, 0.6) is 0 Å². The molecular formula is C14H14BrClF3NO. The van der Waals surface area contributed by atoms with Crippen molar-refractivity contribution in [1.82, 2.24) is 5.32 Å². The second-order valence-electron chi connectivity index (χ2n) is 5.11. The molecule has 2 rings (SSSR count). The number of rotatable bonds is 2. The molecule has 2 nitrogen and oxygen atoms in total. The van der Waals surface area contributed by atoms with Gasteiger partial charge in [0.15, 0.2) is 0 Å². The first-order valence-corrected chi connectivity index (χ1v) is 7.79. The predicted molar refractivity (Wildman–Crippen MR) is 78.4 cm³/mol. The van der Waals surface area contributed by atoms with E-state index in [0.29, 0.717) is 23.7 Å². The summed E-state index contributed by atoms with van der Waals surface area (Å²) in [5, 5.41) is 2.70. The van der Waals surface area contributed by atoms with Gasteiger partial charge in [0.25, 0.3) is 5.91 Å². The lowest BCUT2D eigenvalue weighted by Crippen LogP contribution is -2.47. The van der Waals surface area contributed by atoms with Crippen molar-refractivity contribution in [2.24, 2.45) is 5.92 Å². The normalized spacial score (nSPS) is 22.9. The lowest BCUT2D eigenvalue weighted by atomic mass is 9.84. The highest BCUT2D eigenvalue weighted by Crippen LogP contribution is 2.38. The van der Waals surface area contributed by atoms with E-state index < -0.39 is 24.0 Å². The van der Waals surface area contributed by atoms with Gasteiger partial charge in [-0.25, -0.2) is 0 Å². The number of alkyl halides is 3. The fourth-order valence-electron chi connectivity index (χ4n) is 2.62. The predicted octanol–water partition coefficient (Wildman–Crippen LogP) is 4.95. The van der Waals surface area contributed by atoms with E-state index in [0.717, 1.165) is 0 Å². The van der Waals surface area contributed by atoms with Gasteiger partial charge in [0.1, 0.15) is 0 Å². The van der Waals surface area contributed by atoms with E-state index in [1.165, 1.54) is 6.07 Å². The number of amides is 1. The fourth-order valence-corrected chi connectivity index (χ4v) is 3.20. The third-order valence-corrected chi connectivity index (χ3v) is 5.00. The first kappa shape index (κ1) is 16.6.